The number of unbranched alkanes of at least 4 members (excludes halogenated alkanes) is 23. The van der Waals surface area contributed by atoms with Crippen LogP contribution in [-0.2, 0) is 42.2 Å². The highest BCUT2D eigenvalue weighted by Gasteiger charge is 2.28. The van der Waals surface area contributed by atoms with Crippen molar-refractivity contribution in [2.75, 3.05) is 26.4 Å². The summed E-state index contributed by atoms with van der Waals surface area (Å²) in [5.74, 6) is -1.57. The molecule has 0 aliphatic rings. The van der Waals surface area contributed by atoms with E-state index in [1.165, 1.54) is 96.3 Å². The SMILES string of the molecule is CC/C=C\C/C=C\C/C=C\C/C=C\C/C=C\C/C=C\CCC(=O)OCC(COP(=O)(O)OCC(CO)OC(=O)CCCCCCC/C=C\CCCCCC)OC(=O)CCCCCCCCCCCCCCCCC. The Morgan fingerprint density at radius 1 is 0.392 bits per heavy atom. The number of hydrogen-bond acceptors (Lipinski definition) is 10. The third kappa shape index (κ3) is 53.5. The van der Waals surface area contributed by atoms with Crippen LogP contribution in [0.15, 0.2) is 85.1 Å². The van der Waals surface area contributed by atoms with Gasteiger partial charge in [-0.25, -0.2) is 4.57 Å². The molecular weight excluding hydrogens is 952 g/mol. The Kier molecular flexibility index (Phi) is 53.4. The summed E-state index contributed by atoms with van der Waals surface area (Å²) in [6.45, 7) is 4.44. The van der Waals surface area contributed by atoms with Gasteiger partial charge in [-0.2, -0.15) is 0 Å². The highest BCUT2D eigenvalue weighted by molar-refractivity contribution is 7.47. The van der Waals surface area contributed by atoms with Gasteiger partial charge in [0.2, 0.25) is 0 Å². The van der Waals surface area contributed by atoms with Crippen LogP contribution in [0.4, 0.5) is 0 Å². The molecule has 0 aromatic carbocycles. The number of aliphatic hydroxyl groups excluding tert-OH is 1. The summed E-state index contributed by atoms with van der Waals surface area (Å²) < 4.78 is 39.4. The average Bonchev–Trinajstić information content (AvgIpc) is 3.39. The van der Waals surface area contributed by atoms with Gasteiger partial charge < -0.3 is 24.2 Å². The fourth-order valence-corrected chi connectivity index (χ4v) is 8.63. The molecule has 0 bridgehead atoms. The molecule has 0 amide bonds. The van der Waals surface area contributed by atoms with E-state index in [0.29, 0.717) is 19.3 Å². The molecular formula is C62H107O11P. The Morgan fingerprint density at radius 3 is 1.15 bits per heavy atom. The topological polar surface area (TPSA) is 155 Å². The fraction of sp³-hybridized carbons (Fsp3) is 0.726. The maximum absolute atomic E-state index is 12.9. The van der Waals surface area contributed by atoms with E-state index in [9.17, 15) is 28.9 Å². The molecule has 3 atom stereocenters. The molecule has 0 aromatic rings. The zero-order valence-corrected chi connectivity index (χ0v) is 47.9. The molecule has 0 aliphatic heterocycles. The number of phosphoric acid groups is 1. The van der Waals surface area contributed by atoms with Crippen LogP contribution in [0.3, 0.4) is 0 Å². The number of ether oxygens (including phenoxy) is 3. The molecule has 0 heterocycles. The Hall–Kier alpha value is -3.34. The number of hydrogen-bond donors (Lipinski definition) is 2. The number of allylic oxidation sites excluding steroid dienone is 14. The minimum absolute atomic E-state index is 0.100. The average molecular weight is 1060 g/mol. The van der Waals surface area contributed by atoms with Crippen LogP contribution < -0.4 is 0 Å². The largest absolute Gasteiger partial charge is 0.472 e. The summed E-state index contributed by atoms with van der Waals surface area (Å²) in [5, 5.41) is 9.81. The Bertz CT molecular complexity index is 1560. The highest BCUT2D eigenvalue weighted by Crippen LogP contribution is 2.43. The van der Waals surface area contributed by atoms with Crippen LogP contribution in [-0.4, -0.2) is 66.5 Å². The molecule has 0 saturated heterocycles. The van der Waals surface area contributed by atoms with Crippen molar-refractivity contribution in [2.45, 2.75) is 264 Å². The summed E-state index contributed by atoms with van der Waals surface area (Å²) in [6.07, 6.45) is 64.1. The first-order valence-corrected chi connectivity index (χ1v) is 31.0. The normalized spacial score (nSPS) is 14.0. The van der Waals surface area contributed by atoms with Crippen molar-refractivity contribution in [3.8, 4) is 0 Å². The van der Waals surface area contributed by atoms with Crippen LogP contribution in [0.25, 0.3) is 0 Å². The van der Waals surface area contributed by atoms with Gasteiger partial charge in [-0.3, -0.25) is 23.4 Å². The quantitative estimate of drug-likeness (QED) is 0.0197. The van der Waals surface area contributed by atoms with Crippen molar-refractivity contribution in [3.63, 3.8) is 0 Å². The monoisotopic (exact) mass is 1060 g/mol. The van der Waals surface area contributed by atoms with Crippen molar-refractivity contribution < 1.29 is 52.2 Å². The van der Waals surface area contributed by atoms with Gasteiger partial charge in [0.05, 0.1) is 19.8 Å². The standard InChI is InChI=1S/C62H107O11P/c1-4-7-10-13-16-19-22-25-27-28-29-30-32-34-36-39-42-45-48-51-60(64)69-55-59(73-62(66)53-50-47-44-41-38-35-31-26-23-20-17-14-11-8-5-2)57-71-74(67,68)70-56-58(54-63)72-61(65)52-49-46-43-40-37-33-24-21-18-15-12-9-6-3/h7,10,16,19,21,24-25,27,29-30,34,36,42,45,58-59,63H,4-6,8-9,11-15,17-18,20,22-23,26,28,31-33,35,37-41,43-44,46-57H2,1-3H3,(H,67,68)/b10-7-,19-16-,24-21-,27-25-,30-29-,36-34-,45-42-. The van der Waals surface area contributed by atoms with Gasteiger partial charge in [0, 0.05) is 19.3 Å². The van der Waals surface area contributed by atoms with Crippen LogP contribution >= 0.6 is 7.82 Å². The number of rotatable bonds is 54. The molecule has 0 spiro atoms. The van der Waals surface area contributed by atoms with E-state index in [0.717, 1.165) is 96.3 Å². The second-order valence-corrected chi connectivity index (χ2v) is 20.9. The van der Waals surface area contributed by atoms with Gasteiger partial charge in [-0.05, 0) is 83.5 Å². The fourth-order valence-electron chi connectivity index (χ4n) is 7.85. The number of esters is 3. The second kappa shape index (κ2) is 55.9. The lowest BCUT2D eigenvalue weighted by Crippen LogP contribution is -2.30. The third-order valence-electron chi connectivity index (χ3n) is 12.3. The zero-order valence-electron chi connectivity index (χ0n) is 47.0. The number of aliphatic hydroxyl groups is 1. The Labute approximate surface area is 451 Å². The lowest BCUT2D eigenvalue weighted by atomic mass is 10.0. The Morgan fingerprint density at radius 2 is 0.730 bits per heavy atom. The van der Waals surface area contributed by atoms with E-state index in [2.05, 4.69) is 93.7 Å². The molecule has 0 aliphatic carbocycles. The van der Waals surface area contributed by atoms with Crippen molar-refractivity contribution in [1.82, 2.24) is 0 Å². The molecule has 0 saturated carbocycles. The molecule has 0 radical (unpaired) electrons. The molecule has 0 fully saturated rings. The first-order chi connectivity index (χ1) is 36.2. The maximum Gasteiger partial charge on any atom is 0.472 e. The van der Waals surface area contributed by atoms with Crippen LogP contribution in [0.5, 0.6) is 0 Å². The van der Waals surface area contributed by atoms with Gasteiger partial charge >= 0.3 is 25.7 Å². The van der Waals surface area contributed by atoms with Crippen LogP contribution in [0.2, 0.25) is 0 Å². The van der Waals surface area contributed by atoms with Crippen molar-refractivity contribution in [3.05, 3.63) is 85.1 Å². The van der Waals surface area contributed by atoms with E-state index in [1.54, 1.807) is 0 Å². The number of carbonyl (C=O) groups excluding carboxylic acids is 3. The molecule has 3 unspecified atom stereocenters. The van der Waals surface area contributed by atoms with Crippen molar-refractivity contribution in [1.29, 1.82) is 0 Å². The van der Waals surface area contributed by atoms with Gasteiger partial charge in [0.15, 0.2) is 6.10 Å². The van der Waals surface area contributed by atoms with Crippen LogP contribution in [0.1, 0.15) is 252 Å². The van der Waals surface area contributed by atoms with Crippen molar-refractivity contribution in [2.24, 2.45) is 0 Å². The van der Waals surface area contributed by atoms with E-state index in [4.69, 9.17) is 23.3 Å². The lowest BCUT2D eigenvalue weighted by Gasteiger charge is -2.21. The molecule has 426 valence electrons. The summed E-state index contributed by atoms with van der Waals surface area (Å²) >= 11 is 0. The molecule has 0 rings (SSSR count). The van der Waals surface area contributed by atoms with Gasteiger partial charge in [-0.15, -0.1) is 0 Å². The summed E-state index contributed by atoms with van der Waals surface area (Å²) in [6, 6.07) is 0. The first kappa shape index (κ1) is 70.7. The predicted molar refractivity (Wildman–Crippen MR) is 307 cm³/mol. The molecule has 2 N–H and O–H groups in total. The van der Waals surface area contributed by atoms with Gasteiger partial charge in [-0.1, -0.05) is 234 Å². The predicted octanol–water partition coefficient (Wildman–Crippen LogP) is 17.5. The number of carbonyl (C=O) groups is 3. The van der Waals surface area contributed by atoms with Gasteiger partial charge in [0.25, 0.3) is 0 Å². The molecule has 12 heteroatoms. The smallest absolute Gasteiger partial charge is 0.462 e. The lowest BCUT2D eigenvalue weighted by molar-refractivity contribution is -0.161. The van der Waals surface area contributed by atoms with Crippen LogP contribution in [0, 0.1) is 0 Å². The minimum atomic E-state index is -4.77. The maximum atomic E-state index is 12.9. The Balaban J connectivity index is 4.82. The summed E-state index contributed by atoms with van der Waals surface area (Å²) in [4.78, 5) is 48.5. The van der Waals surface area contributed by atoms with Crippen molar-refractivity contribution >= 4 is 25.7 Å². The van der Waals surface area contributed by atoms with E-state index >= 15 is 0 Å². The van der Waals surface area contributed by atoms with E-state index in [1.807, 2.05) is 12.2 Å². The number of phosphoric ester groups is 1. The summed E-state index contributed by atoms with van der Waals surface area (Å²) in [7, 11) is -4.77. The zero-order chi connectivity index (χ0) is 54.1. The molecule has 74 heavy (non-hydrogen) atoms. The van der Waals surface area contributed by atoms with Gasteiger partial charge in [0.1, 0.15) is 12.7 Å². The highest BCUT2D eigenvalue weighted by atomic mass is 31.2. The first-order valence-electron chi connectivity index (χ1n) is 29.5. The molecule has 11 nitrogen and oxygen atoms in total. The molecule has 0 aromatic heterocycles. The van der Waals surface area contributed by atoms with E-state index in [-0.39, 0.29) is 25.9 Å². The summed E-state index contributed by atoms with van der Waals surface area (Å²) in [5.41, 5.74) is 0. The minimum Gasteiger partial charge on any atom is -0.462 e. The van der Waals surface area contributed by atoms with E-state index < -0.39 is 57.8 Å². The second-order valence-electron chi connectivity index (χ2n) is 19.4. The third-order valence-corrected chi connectivity index (χ3v) is 13.3.